The van der Waals surface area contributed by atoms with E-state index in [0.717, 1.165) is 0 Å². The maximum atomic E-state index is 11.6. The molecule has 2 aromatic rings. The number of pyridine rings is 1. The first-order valence-corrected chi connectivity index (χ1v) is 4.40. The lowest BCUT2D eigenvalue weighted by Gasteiger charge is -1.98. The third-order valence-electron chi connectivity index (χ3n) is 1.88. The third kappa shape index (κ3) is 1.39. The van der Waals surface area contributed by atoms with Crippen LogP contribution in [0.5, 0.6) is 0 Å². The lowest BCUT2D eigenvalue weighted by Crippen LogP contribution is -2.17. The fourth-order valence-electron chi connectivity index (χ4n) is 1.18. The van der Waals surface area contributed by atoms with Gasteiger partial charge in [0.25, 0.3) is 5.56 Å². The number of nitrogens with one attached hydrogen (secondary N) is 2. The second-order valence-electron chi connectivity index (χ2n) is 2.85. The average Bonchev–Trinajstić information content (AvgIpc) is 2.57. The molecule has 72 valence electrons. The van der Waals surface area contributed by atoms with Crippen LogP contribution in [0.15, 0.2) is 23.1 Å². The molecule has 5 nitrogen and oxygen atoms in total. The Kier molecular flexibility index (Phi) is 2.05. The van der Waals surface area contributed by atoms with Crippen molar-refractivity contribution >= 4 is 12.2 Å². The zero-order valence-corrected chi connectivity index (χ0v) is 8.26. The maximum absolute atomic E-state index is 11.6. The van der Waals surface area contributed by atoms with Gasteiger partial charge < -0.3 is 4.57 Å². The number of nitrogens with zero attached hydrogens (tertiary/aromatic N) is 2. The van der Waals surface area contributed by atoms with E-state index in [9.17, 15) is 4.79 Å². The molecule has 2 rings (SSSR count). The Hall–Kier alpha value is -1.69. The quantitative estimate of drug-likeness (QED) is 0.682. The van der Waals surface area contributed by atoms with E-state index in [2.05, 4.69) is 15.2 Å². The Balaban J connectivity index is 2.69. The molecule has 0 spiro atoms. The van der Waals surface area contributed by atoms with Gasteiger partial charge in [-0.1, -0.05) is 0 Å². The summed E-state index contributed by atoms with van der Waals surface area (Å²) in [5, 5.41) is 5.38. The number of hydrogen-bond acceptors (Lipinski definition) is 3. The first-order valence-electron chi connectivity index (χ1n) is 3.99. The summed E-state index contributed by atoms with van der Waals surface area (Å²) < 4.78 is 1.83. The van der Waals surface area contributed by atoms with Crippen molar-refractivity contribution in [3.05, 3.63) is 33.5 Å². The van der Waals surface area contributed by atoms with E-state index < -0.39 is 0 Å². The molecular weight excluding hydrogens is 200 g/mol. The zero-order valence-electron chi connectivity index (χ0n) is 7.44. The minimum absolute atomic E-state index is 0.106. The fourth-order valence-corrected chi connectivity index (χ4v) is 1.32. The van der Waals surface area contributed by atoms with Crippen molar-refractivity contribution in [3.8, 4) is 11.4 Å². The molecule has 0 aliphatic heterocycles. The van der Waals surface area contributed by atoms with Gasteiger partial charge in [0.1, 0.15) is 0 Å². The van der Waals surface area contributed by atoms with Gasteiger partial charge in [0.05, 0.1) is 5.56 Å². The Morgan fingerprint density at radius 2 is 2.29 bits per heavy atom. The average molecular weight is 208 g/mol. The molecule has 0 bridgehead atoms. The van der Waals surface area contributed by atoms with Gasteiger partial charge in [0.15, 0.2) is 5.82 Å². The van der Waals surface area contributed by atoms with Crippen LogP contribution in [0.2, 0.25) is 0 Å². The smallest absolute Gasteiger partial charge is 0.261 e. The van der Waals surface area contributed by atoms with Gasteiger partial charge in [0.2, 0.25) is 4.77 Å². The summed E-state index contributed by atoms with van der Waals surface area (Å²) in [5.74, 6) is 0.469. The summed E-state index contributed by atoms with van der Waals surface area (Å²) in [4.78, 5) is 15.6. The lowest BCUT2D eigenvalue weighted by molar-refractivity contribution is 0.860. The number of hydrogen-bond donors (Lipinski definition) is 2. The highest BCUT2D eigenvalue weighted by molar-refractivity contribution is 7.71. The van der Waals surface area contributed by atoms with Crippen LogP contribution in [0.1, 0.15) is 0 Å². The summed E-state index contributed by atoms with van der Waals surface area (Å²) in [6.07, 6.45) is 1.69. The SMILES string of the molecule is Cn1cccc(-c2nc(=S)[nH][nH]2)c1=O. The molecule has 0 radical (unpaired) electrons. The largest absolute Gasteiger partial charge is 0.318 e. The van der Waals surface area contributed by atoms with Crippen molar-refractivity contribution in [3.63, 3.8) is 0 Å². The highest BCUT2D eigenvalue weighted by Crippen LogP contribution is 2.06. The normalized spacial score (nSPS) is 10.4. The molecule has 0 atom stereocenters. The van der Waals surface area contributed by atoms with Gasteiger partial charge in [0, 0.05) is 13.2 Å². The van der Waals surface area contributed by atoms with Crippen molar-refractivity contribution in [1.29, 1.82) is 0 Å². The molecule has 2 heterocycles. The highest BCUT2D eigenvalue weighted by Gasteiger charge is 2.06. The van der Waals surface area contributed by atoms with Crippen molar-refractivity contribution in [2.45, 2.75) is 0 Å². The van der Waals surface area contributed by atoms with Crippen molar-refractivity contribution in [2.75, 3.05) is 0 Å². The topological polar surface area (TPSA) is 66.5 Å². The number of aromatic nitrogens is 4. The van der Waals surface area contributed by atoms with Crippen LogP contribution in [0.25, 0.3) is 11.4 Å². The van der Waals surface area contributed by atoms with Crippen LogP contribution in [-0.2, 0) is 7.05 Å². The molecule has 0 aromatic carbocycles. The summed E-state index contributed by atoms with van der Waals surface area (Å²) >= 11 is 4.80. The van der Waals surface area contributed by atoms with E-state index in [4.69, 9.17) is 12.2 Å². The summed E-state index contributed by atoms with van der Waals surface area (Å²) in [6, 6.07) is 3.48. The molecule has 14 heavy (non-hydrogen) atoms. The highest BCUT2D eigenvalue weighted by atomic mass is 32.1. The van der Waals surface area contributed by atoms with E-state index >= 15 is 0 Å². The zero-order chi connectivity index (χ0) is 10.1. The molecule has 0 aliphatic rings. The van der Waals surface area contributed by atoms with E-state index in [1.807, 2.05) is 0 Å². The Labute approximate surface area is 84.4 Å². The van der Waals surface area contributed by atoms with Crippen LogP contribution < -0.4 is 5.56 Å². The van der Waals surface area contributed by atoms with Crippen LogP contribution in [-0.4, -0.2) is 19.7 Å². The third-order valence-corrected chi connectivity index (χ3v) is 2.07. The van der Waals surface area contributed by atoms with Gasteiger partial charge in [-0.15, -0.1) is 0 Å². The molecule has 0 fully saturated rings. The van der Waals surface area contributed by atoms with E-state index in [-0.39, 0.29) is 5.56 Å². The molecule has 2 aromatic heterocycles. The number of aryl methyl sites for hydroxylation is 1. The minimum atomic E-state index is -0.106. The molecule has 0 saturated carbocycles. The molecular formula is C8H8N4OS. The standard InChI is InChI=1S/C8H8N4OS/c1-12-4-2-3-5(7(12)13)6-9-8(14)11-10-6/h2-4H,1H3,(H2,9,10,11,14). The van der Waals surface area contributed by atoms with E-state index in [0.29, 0.717) is 16.2 Å². The van der Waals surface area contributed by atoms with Crippen LogP contribution in [0.4, 0.5) is 0 Å². The number of H-pyrrole nitrogens is 2. The first kappa shape index (κ1) is 8.89. The van der Waals surface area contributed by atoms with Crippen molar-refractivity contribution < 1.29 is 0 Å². The van der Waals surface area contributed by atoms with Gasteiger partial charge in [-0.2, -0.15) is 4.98 Å². The molecule has 0 saturated heterocycles. The first-order chi connectivity index (χ1) is 6.68. The second kappa shape index (κ2) is 3.22. The molecule has 0 aliphatic carbocycles. The van der Waals surface area contributed by atoms with Crippen molar-refractivity contribution in [1.82, 2.24) is 19.7 Å². The van der Waals surface area contributed by atoms with Crippen LogP contribution in [0.3, 0.4) is 0 Å². The Morgan fingerprint density at radius 3 is 2.93 bits per heavy atom. The van der Waals surface area contributed by atoms with Gasteiger partial charge in [-0.25, -0.2) is 0 Å². The number of aromatic amines is 2. The summed E-state index contributed by atoms with van der Waals surface area (Å²) in [5.41, 5.74) is 0.396. The second-order valence-corrected chi connectivity index (χ2v) is 3.24. The van der Waals surface area contributed by atoms with Crippen LogP contribution in [0, 0.1) is 4.77 Å². The van der Waals surface area contributed by atoms with Gasteiger partial charge >= 0.3 is 0 Å². The monoisotopic (exact) mass is 208 g/mol. The fraction of sp³-hybridized carbons (Fsp3) is 0.125. The molecule has 2 N–H and O–H groups in total. The Morgan fingerprint density at radius 1 is 1.50 bits per heavy atom. The maximum Gasteiger partial charge on any atom is 0.261 e. The number of rotatable bonds is 1. The van der Waals surface area contributed by atoms with E-state index in [1.165, 1.54) is 4.57 Å². The predicted molar refractivity (Wildman–Crippen MR) is 54.4 cm³/mol. The minimum Gasteiger partial charge on any atom is -0.318 e. The van der Waals surface area contributed by atoms with Crippen molar-refractivity contribution in [2.24, 2.45) is 7.05 Å². The summed E-state index contributed by atoms with van der Waals surface area (Å²) in [6.45, 7) is 0. The molecule has 0 unspecified atom stereocenters. The van der Waals surface area contributed by atoms with Crippen LogP contribution >= 0.6 is 12.2 Å². The Bertz CT molecular complexity index is 565. The van der Waals surface area contributed by atoms with Gasteiger partial charge in [-0.05, 0) is 24.4 Å². The predicted octanol–water partition coefficient (Wildman–Crippen LogP) is 0.833. The molecule has 0 amide bonds. The lowest BCUT2D eigenvalue weighted by atomic mass is 10.2. The summed E-state index contributed by atoms with van der Waals surface area (Å²) in [7, 11) is 1.69. The van der Waals surface area contributed by atoms with E-state index in [1.54, 1.807) is 25.4 Å². The molecule has 6 heteroatoms. The van der Waals surface area contributed by atoms with Gasteiger partial charge in [-0.3, -0.25) is 15.0 Å².